The van der Waals surface area contributed by atoms with Crippen molar-refractivity contribution in [2.75, 3.05) is 46.4 Å². The molecule has 0 spiro atoms. The van der Waals surface area contributed by atoms with Crippen LogP contribution in [0.15, 0.2) is 54.1 Å². The number of carbonyl (C=O) groups is 1. The summed E-state index contributed by atoms with van der Waals surface area (Å²) in [5.74, 6) is 0.791. The predicted octanol–water partition coefficient (Wildman–Crippen LogP) is 4.56. The van der Waals surface area contributed by atoms with E-state index < -0.39 is 0 Å². The summed E-state index contributed by atoms with van der Waals surface area (Å²) in [5.41, 5.74) is 1.26. The average Bonchev–Trinajstić information content (AvgIpc) is 3.32. The van der Waals surface area contributed by atoms with Crippen molar-refractivity contribution in [2.24, 2.45) is 0 Å². The van der Waals surface area contributed by atoms with E-state index in [0.717, 1.165) is 50.0 Å². The Kier molecular flexibility index (Phi) is 9.87. The van der Waals surface area contributed by atoms with E-state index in [-0.39, 0.29) is 5.97 Å². The molecule has 1 fully saturated rings. The molecule has 2 aromatic carbocycles. The number of benzene rings is 2. The number of esters is 1. The Hall–Kier alpha value is -2.37. The molecule has 0 atom stereocenters. The Balaban J connectivity index is 1.51. The normalized spacial score (nSPS) is 14.8. The van der Waals surface area contributed by atoms with E-state index >= 15 is 0 Å². The van der Waals surface area contributed by atoms with Crippen LogP contribution in [0.25, 0.3) is 10.8 Å². The molecule has 0 aromatic heterocycles. The second-order valence-corrected chi connectivity index (χ2v) is 8.18. The monoisotopic (exact) mass is 424 g/mol. The molecule has 5 nitrogen and oxygen atoms in total. The van der Waals surface area contributed by atoms with Crippen LogP contribution in [0, 0.1) is 0 Å². The smallest absolute Gasteiger partial charge is 0.305 e. The zero-order valence-corrected chi connectivity index (χ0v) is 18.8. The van der Waals surface area contributed by atoms with Gasteiger partial charge in [0.2, 0.25) is 0 Å². The van der Waals surface area contributed by atoms with Crippen molar-refractivity contribution in [1.29, 1.82) is 0 Å². The van der Waals surface area contributed by atoms with Crippen LogP contribution in [-0.2, 0) is 9.53 Å². The highest BCUT2D eigenvalue weighted by Crippen LogP contribution is 2.25. The first-order valence-electron chi connectivity index (χ1n) is 11.5. The molecule has 1 heterocycles. The SMILES string of the molecule is COC(=O)CCCCC=C(CNCCN1CCCC1)COc1cccc2ccccc12. The fourth-order valence-corrected chi connectivity index (χ4v) is 3.99. The third kappa shape index (κ3) is 8.00. The fraction of sp³-hybridized carbons (Fsp3) is 0.500. The second kappa shape index (κ2) is 13.1. The number of nitrogens with zero attached hydrogens (tertiary/aromatic N) is 1. The summed E-state index contributed by atoms with van der Waals surface area (Å²) in [6, 6.07) is 14.5. The van der Waals surface area contributed by atoms with E-state index in [2.05, 4.69) is 40.6 Å². The van der Waals surface area contributed by atoms with Crippen LogP contribution in [0.2, 0.25) is 0 Å². The van der Waals surface area contributed by atoms with Gasteiger partial charge in [0.05, 0.1) is 7.11 Å². The third-order valence-electron chi connectivity index (χ3n) is 5.81. The number of likely N-dealkylation sites (tertiary alicyclic amines) is 1. The highest BCUT2D eigenvalue weighted by Gasteiger charge is 2.10. The van der Waals surface area contributed by atoms with Crippen molar-refractivity contribution >= 4 is 16.7 Å². The molecule has 0 unspecified atom stereocenters. The maximum Gasteiger partial charge on any atom is 0.305 e. The van der Waals surface area contributed by atoms with Crippen LogP contribution >= 0.6 is 0 Å². The molecule has 0 amide bonds. The Labute approximate surface area is 186 Å². The lowest BCUT2D eigenvalue weighted by Gasteiger charge is -2.16. The fourth-order valence-electron chi connectivity index (χ4n) is 3.99. The van der Waals surface area contributed by atoms with Gasteiger partial charge in [0.25, 0.3) is 0 Å². The molecule has 5 heteroatoms. The first-order valence-corrected chi connectivity index (χ1v) is 11.5. The van der Waals surface area contributed by atoms with Crippen LogP contribution in [0.3, 0.4) is 0 Å². The highest BCUT2D eigenvalue weighted by atomic mass is 16.5. The lowest BCUT2D eigenvalue weighted by atomic mass is 10.1. The summed E-state index contributed by atoms with van der Waals surface area (Å²) >= 11 is 0. The summed E-state index contributed by atoms with van der Waals surface area (Å²) < 4.78 is 11.0. The van der Waals surface area contributed by atoms with E-state index in [1.807, 2.05) is 18.2 Å². The first kappa shape index (κ1) is 23.3. The van der Waals surface area contributed by atoms with Gasteiger partial charge in [-0.3, -0.25) is 4.79 Å². The molecule has 1 saturated heterocycles. The first-order chi connectivity index (χ1) is 15.3. The van der Waals surface area contributed by atoms with Crippen molar-refractivity contribution < 1.29 is 14.3 Å². The van der Waals surface area contributed by atoms with Crippen molar-refractivity contribution in [3.63, 3.8) is 0 Å². The number of hydrogen-bond donors (Lipinski definition) is 1. The maximum absolute atomic E-state index is 11.3. The minimum Gasteiger partial charge on any atom is -0.489 e. The summed E-state index contributed by atoms with van der Waals surface area (Å²) in [4.78, 5) is 13.8. The van der Waals surface area contributed by atoms with E-state index in [1.54, 1.807) is 0 Å². The molecular formula is C26H36N2O3. The molecule has 1 N–H and O–H groups in total. The lowest BCUT2D eigenvalue weighted by molar-refractivity contribution is -0.140. The van der Waals surface area contributed by atoms with Gasteiger partial charge in [0, 0.05) is 31.4 Å². The standard InChI is InChI=1S/C26H36N2O3/c1-30-26(29)15-4-2-3-10-22(20-27-16-19-28-17-7-8-18-28)21-31-25-14-9-12-23-11-5-6-13-24(23)25/h5-6,9-14,27H,2-4,7-8,15-21H2,1H3. The minimum absolute atomic E-state index is 0.132. The average molecular weight is 425 g/mol. The molecule has 1 aliphatic heterocycles. The number of nitrogens with one attached hydrogen (secondary N) is 1. The van der Waals surface area contributed by atoms with Gasteiger partial charge >= 0.3 is 5.97 Å². The van der Waals surface area contributed by atoms with Gasteiger partial charge in [0.15, 0.2) is 0 Å². The van der Waals surface area contributed by atoms with Gasteiger partial charge in [-0.1, -0.05) is 42.5 Å². The lowest BCUT2D eigenvalue weighted by Crippen LogP contribution is -2.31. The number of carbonyl (C=O) groups excluding carboxylic acids is 1. The number of allylic oxidation sites excluding steroid dienone is 1. The summed E-state index contributed by atoms with van der Waals surface area (Å²) in [5, 5.41) is 5.92. The highest BCUT2D eigenvalue weighted by molar-refractivity contribution is 5.88. The van der Waals surface area contributed by atoms with E-state index in [9.17, 15) is 4.79 Å². The molecule has 168 valence electrons. The molecule has 0 radical (unpaired) electrons. The van der Waals surface area contributed by atoms with Crippen LogP contribution < -0.4 is 10.1 Å². The zero-order chi connectivity index (χ0) is 21.7. The molecule has 3 rings (SSSR count). The second-order valence-electron chi connectivity index (χ2n) is 8.18. The Morgan fingerprint density at radius 2 is 1.90 bits per heavy atom. The Morgan fingerprint density at radius 1 is 1.10 bits per heavy atom. The number of rotatable bonds is 13. The molecule has 31 heavy (non-hydrogen) atoms. The molecule has 0 saturated carbocycles. The van der Waals surface area contributed by atoms with Crippen molar-refractivity contribution in [3.8, 4) is 5.75 Å². The molecule has 0 aliphatic carbocycles. The predicted molar refractivity (Wildman–Crippen MR) is 127 cm³/mol. The number of fused-ring (bicyclic) bond motifs is 1. The van der Waals surface area contributed by atoms with Gasteiger partial charge in [-0.15, -0.1) is 0 Å². The number of methoxy groups -OCH3 is 1. The maximum atomic E-state index is 11.3. The molecular weight excluding hydrogens is 388 g/mol. The van der Waals surface area contributed by atoms with Crippen LogP contribution in [-0.4, -0.2) is 57.3 Å². The van der Waals surface area contributed by atoms with E-state index in [0.29, 0.717) is 13.0 Å². The Bertz CT molecular complexity index is 838. The number of hydrogen-bond acceptors (Lipinski definition) is 5. The van der Waals surface area contributed by atoms with Crippen molar-refractivity contribution in [3.05, 3.63) is 54.1 Å². The van der Waals surface area contributed by atoms with Crippen LogP contribution in [0.5, 0.6) is 5.75 Å². The topological polar surface area (TPSA) is 50.8 Å². The third-order valence-corrected chi connectivity index (χ3v) is 5.81. The summed E-state index contributed by atoms with van der Waals surface area (Å²) in [6.07, 6.45) is 8.18. The Morgan fingerprint density at radius 3 is 2.74 bits per heavy atom. The van der Waals surface area contributed by atoms with Gasteiger partial charge < -0.3 is 19.7 Å². The van der Waals surface area contributed by atoms with Crippen molar-refractivity contribution in [2.45, 2.75) is 38.5 Å². The summed E-state index contributed by atoms with van der Waals surface area (Å²) in [6.45, 7) is 5.96. The molecule has 0 bridgehead atoms. The minimum atomic E-state index is -0.132. The van der Waals surface area contributed by atoms with Gasteiger partial charge in [0.1, 0.15) is 12.4 Å². The van der Waals surface area contributed by atoms with Gasteiger partial charge in [-0.2, -0.15) is 0 Å². The largest absolute Gasteiger partial charge is 0.489 e. The number of ether oxygens (including phenoxy) is 2. The zero-order valence-electron chi connectivity index (χ0n) is 18.8. The van der Waals surface area contributed by atoms with Crippen LogP contribution in [0.1, 0.15) is 38.5 Å². The van der Waals surface area contributed by atoms with Gasteiger partial charge in [-0.05, 0) is 62.2 Å². The molecule has 1 aliphatic rings. The van der Waals surface area contributed by atoms with Gasteiger partial charge in [-0.25, -0.2) is 0 Å². The van der Waals surface area contributed by atoms with E-state index in [4.69, 9.17) is 9.47 Å². The molecule has 2 aromatic rings. The van der Waals surface area contributed by atoms with Crippen LogP contribution in [0.4, 0.5) is 0 Å². The van der Waals surface area contributed by atoms with Crippen molar-refractivity contribution in [1.82, 2.24) is 10.2 Å². The quantitative estimate of drug-likeness (QED) is 0.290. The summed E-state index contributed by atoms with van der Waals surface area (Å²) in [7, 11) is 1.44. The number of unbranched alkanes of at least 4 members (excludes halogenated alkanes) is 2. The van der Waals surface area contributed by atoms with E-state index in [1.165, 1.54) is 44.0 Å².